The van der Waals surface area contributed by atoms with Crippen molar-refractivity contribution in [1.29, 1.82) is 0 Å². The Morgan fingerprint density at radius 3 is 2.27 bits per heavy atom. The van der Waals surface area contributed by atoms with E-state index in [0.29, 0.717) is 30.6 Å². The molecule has 266 valence electrons. The van der Waals surface area contributed by atoms with Crippen LogP contribution in [0.1, 0.15) is 88.5 Å². The molecule has 1 aromatic carbocycles. The molecule has 0 bridgehead atoms. The molecule has 13 heteroatoms. The number of aromatic nitrogens is 1. The number of hydrogen-bond donors (Lipinski definition) is 4. The summed E-state index contributed by atoms with van der Waals surface area (Å²) in [5.74, 6) is -0.385. The van der Waals surface area contributed by atoms with Crippen molar-refractivity contribution in [1.82, 2.24) is 26.0 Å². The molecular formula is C35H53N5O7S. The van der Waals surface area contributed by atoms with E-state index in [9.17, 15) is 27.9 Å². The Morgan fingerprint density at radius 1 is 1.04 bits per heavy atom. The Morgan fingerprint density at radius 2 is 1.69 bits per heavy atom. The fourth-order valence-electron chi connectivity index (χ4n) is 6.86. The quantitative estimate of drug-likeness (QED) is 0.262. The van der Waals surface area contributed by atoms with Gasteiger partial charge in [0.1, 0.15) is 11.8 Å². The molecule has 3 amide bonds. The largest absolute Gasteiger partial charge is 0.390 e. The summed E-state index contributed by atoms with van der Waals surface area (Å²) in [4.78, 5) is 42.9. The first-order chi connectivity index (χ1) is 22.4. The van der Waals surface area contributed by atoms with Crippen LogP contribution in [0.2, 0.25) is 0 Å². The predicted octanol–water partition coefficient (Wildman–Crippen LogP) is 2.79. The van der Waals surface area contributed by atoms with Crippen molar-refractivity contribution in [2.75, 3.05) is 19.3 Å². The van der Waals surface area contributed by atoms with Gasteiger partial charge >= 0.3 is 0 Å². The first-order valence-electron chi connectivity index (χ1n) is 16.9. The number of carbonyl (C=O) groups is 3. The Hall–Kier alpha value is -3.29. The Bertz CT molecular complexity index is 1540. The number of aryl methyl sites for hydroxylation is 1. The molecular weight excluding hydrogens is 634 g/mol. The minimum Gasteiger partial charge on any atom is -0.390 e. The maximum absolute atomic E-state index is 14.1. The Kier molecular flexibility index (Phi) is 11.8. The van der Waals surface area contributed by atoms with Crippen LogP contribution in [-0.4, -0.2) is 95.2 Å². The van der Waals surface area contributed by atoms with E-state index in [1.165, 1.54) is 19.9 Å². The number of amides is 3. The van der Waals surface area contributed by atoms with Gasteiger partial charge in [0, 0.05) is 31.0 Å². The lowest BCUT2D eigenvalue weighted by molar-refractivity contribution is -0.133. The number of hydrogen-bond acceptors (Lipinski definition) is 9. The van der Waals surface area contributed by atoms with Gasteiger partial charge in [0.05, 0.1) is 22.9 Å². The summed E-state index contributed by atoms with van der Waals surface area (Å²) in [6.07, 6.45) is 5.26. The molecule has 2 aliphatic rings. The van der Waals surface area contributed by atoms with Crippen LogP contribution in [0, 0.1) is 18.8 Å². The summed E-state index contributed by atoms with van der Waals surface area (Å²) in [6.45, 7) is 11.0. The van der Waals surface area contributed by atoms with Crippen LogP contribution in [0.5, 0.6) is 0 Å². The third-order valence-electron chi connectivity index (χ3n) is 9.86. The fraction of sp³-hybridized carbons (Fsp3) is 0.657. The number of nitrogens with zero attached hydrogens (tertiary/aromatic N) is 2. The average molecular weight is 688 g/mol. The standard InChI is InChI=1S/C35H53N5O7S/c1-22-17-27(39-47-22)31(42)37-30(35(5,6)48(7,45)46)33(44)36-26(18-23-13-9-8-10-14-23)29(41)21-40-20-25-16-12-11-15-24(25)19-28(40)32(43)38-34(2,3)4/h8-10,13-14,17,24-26,28-30,41H,11-12,15-16,18-21H2,1-7H3,(H,36,44)(H,37,42)(H,38,43)/t24?,25?,26-,28-,29+,30+/m0/s1. The van der Waals surface area contributed by atoms with Crippen LogP contribution in [0.25, 0.3) is 0 Å². The predicted molar refractivity (Wildman–Crippen MR) is 183 cm³/mol. The summed E-state index contributed by atoms with van der Waals surface area (Å²) < 4.78 is 29.2. The molecule has 2 aromatic rings. The van der Waals surface area contributed by atoms with Crippen molar-refractivity contribution >= 4 is 27.6 Å². The molecule has 1 aliphatic carbocycles. The fourth-order valence-corrected chi connectivity index (χ4v) is 7.45. The van der Waals surface area contributed by atoms with Crippen LogP contribution < -0.4 is 16.0 Å². The number of aliphatic hydroxyl groups is 1. The van der Waals surface area contributed by atoms with Crippen molar-refractivity contribution in [2.24, 2.45) is 11.8 Å². The Labute approximate surface area is 284 Å². The van der Waals surface area contributed by atoms with E-state index in [-0.39, 0.29) is 24.6 Å². The van der Waals surface area contributed by atoms with Gasteiger partial charge in [0.25, 0.3) is 5.91 Å². The lowest BCUT2D eigenvalue weighted by Gasteiger charge is -2.47. The molecule has 4 rings (SSSR count). The van der Waals surface area contributed by atoms with Crippen molar-refractivity contribution in [3.63, 3.8) is 0 Å². The lowest BCUT2D eigenvalue weighted by atomic mass is 9.72. The van der Waals surface area contributed by atoms with Crippen LogP contribution in [0.15, 0.2) is 40.9 Å². The molecule has 1 aliphatic heterocycles. The first kappa shape index (κ1) is 37.5. The smallest absolute Gasteiger partial charge is 0.274 e. The molecule has 1 saturated carbocycles. The highest BCUT2D eigenvalue weighted by atomic mass is 32.2. The molecule has 48 heavy (non-hydrogen) atoms. The van der Waals surface area contributed by atoms with E-state index in [0.717, 1.165) is 37.5 Å². The summed E-state index contributed by atoms with van der Waals surface area (Å²) in [6, 6.07) is 7.89. The number of aliphatic hydroxyl groups excluding tert-OH is 1. The highest BCUT2D eigenvalue weighted by molar-refractivity contribution is 7.92. The number of benzene rings is 1. The zero-order valence-corrected chi connectivity index (χ0v) is 30.1. The summed E-state index contributed by atoms with van der Waals surface area (Å²) in [7, 11) is -3.88. The minimum atomic E-state index is -3.88. The molecule has 0 spiro atoms. The molecule has 2 unspecified atom stereocenters. The van der Waals surface area contributed by atoms with Crippen molar-refractivity contribution < 1.29 is 32.4 Å². The van der Waals surface area contributed by atoms with E-state index in [4.69, 9.17) is 4.52 Å². The van der Waals surface area contributed by atoms with Crippen LogP contribution >= 0.6 is 0 Å². The van der Waals surface area contributed by atoms with Gasteiger partial charge in [-0.2, -0.15) is 0 Å². The van der Waals surface area contributed by atoms with Crippen molar-refractivity contribution in [3.8, 4) is 0 Å². The number of carbonyl (C=O) groups excluding carboxylic acids is 3. The van der Waals surface area contributed by atoms with Gasteiger partial charge < -0.3 is 25.6 Å². The maximum Gasteiger partial charge on any atom is 0.274 e. The van der Waals surface area contributed by atoms with Crippen molar-refractivity contribution in [2.45, 2.75) is 115 Å². The van der Waals surface area contributed by atoms with E-state index >= 15 is 0 Å². The van der Waals surface area contributed by atoms with Crippen LogP contribution in [-0.2, 0) is 25.8 Å². The topological polar surface area (TPSA) is 171 Å². The second-order valence-electron chi connectivity index (χ2n) is 15.2. The molecule has 1 aromatic heterocycles. The molecule has 6 atom stereocenters. The first-order valence-corrected chi connectivity index (χ1v) is 18.8. The van der Waals surface area contributed by atoms with Gasteiger partial charge in [-0.3, -0.25) is 19.3 Å². The number of β-amino-alcohol motifs (C(OH)–C–C–N with tert-alkyl or cyclic N) is 1. The average Bonchev–Trinajstić information content (AvgIpc) is 3.44. The maximum atomic E-state index is 14.1. The van der Waals surface area contributed by atoms with E-state index in [1.807, 2.05) is 51.1 Å². The van der Waals surface area contributed by atoms with E-state index < -0.39 is 56.2 Å². The van der Waals surface area contributed by atoms with E-state index in [2.05, 4.69) is 26.0 Å². The van der Waals surface area contributed by atoms with Gasteiger partial charge in [-0.15, -0.1) is 0 Å². The number of rotatable bonds is 12. The summed E-state index contributed by atoms with van der Waals surface area (Å²) in [5.41, 5.74) is 0.322. The van der Waals surface area contributed by atoms with Gasteiger partial charge in [-0.1, -0.05) is 54.8 Å². The second kappa shape index (κ2) is 15.1. The third-order valence-corrected chi connectivity index (χ3v) is 12.0. The monoisotopic (exact) mass is 687 g/mol. The normalized spacial score (nSPS) is 22.5. The number of sulfone groups is 1. The SMILES string of the molecule is Cc1cc(C(=O)N[C@H](C(=O)N[C@@H](Cc2ccccc2)[C@H](O)CN2CC3CCCCC3C[C@H]2C(=O)NC(C)(C)C)C(C)(C)S(C)(=O)=O)no1. The third kappa shape index (κ3) is 9.44. The van der Waals surface area contributed by atoms with Gasteiger partial charge in [-0.05, 0) is 78.2 Å². The highest BCUT2D eigenvalue weighted by Gasteiger charge is 2.46. The molecule has 0 radical (unpaired) electrons. The molecule has 4 N–H and O–H groups in total. The molecule has 2 heterocycles. The second-order valence-corrected chi connectivity index (χ2v) is 17.8. The van der Waals surface area contributed by atoms with Gasteiger partial charge in [0.2, 0.25) is 11.8 Å². The molecule has 1 saturated heterocycles. The van der Waals surface area contributed by atoms with Crippen molar-refractivity contribution in [3.05, 3.63) is 53.4 Å². The zero-order valence-electron chi connectivity index (χ0n) is 29.3. The lowest BCUT2D eigenvalue weighted by Crippen LogP contribution is -2.64. The zero-order chi connectivity index (χ0) is 35.4. The van der Waals surface area contributed by atoms with Crippen LogP contribution in [0.3, 0.4) is 0 Å². The summed E-state index contributed by atoms with van der Waals surface area (Å²) >= 11 is 0. The summed E-state index contributed by atoms with van der Waals surface area (Å²) in [5, 5.41) is 24.2. The minimum absolute atomic E-state index is 0.0804. The van der Waals surface area contributed by atoms with E-state index in [1.54, 1.807) is 6.92 Å². The number of nitrogens with one attached hydrogen (secondary N) is 3. The number of fused-ring (bicyclic) bond motifs is 1. The Balaban J connectivity index is 1.62. The van der Waals surface area contributed by atoms with Gasteiger partial charge in [-0.25, -0.2) is 8.42 Å². The number of piperidine rings is 1. The van der Waals surface area contributed by atoms with Crippen LogP contribution in [0.4, 0.5) is 0 Å². The highest BCUT2D eigenvalue weighted by Crippen LogP contribution is 2.39. The molecule has 2 fully saturated rings. The molecule has 12 nitrogen and oxygen atoms in total. The number of likely N-dealkylation sites (tertiary alicyclic amines) is 1. The van der Waals surface area contributed by atoms with Gasteiger partial charge in [0.15, 0.2) is 15.5 Å².